The second kappa shape index (κ2) is 24.6. The Morgan fingerprint density at radius 2 is 1.23 bits per heavy atom. The van der Waals surface area contributed by atoms with Gasteiger partial charge in [0, 0.05) is 56.3 Å². The summed E-state index contributed by atoms with van der Waals surface area (Å²) < 4.78 is 65.6. The topological polar surface area (TPSA) is 131 Å². The zero-order valence-electron chi connectivity index (χ0n) is 41.4. The number of methoxy groups -OCH3 is 2. The number of hydrogen-bond donors (Lipinski definition) is 1. The average molecular weight is 947 g/mol. The molecule has 364 valence electrons. The minimum absolute atomic E-state index is 0.0118. The van der Waals surface area contributed by atoms with Crippen LogP contribution in [0, 0.1) is 10.8 Å². The predicted molar refractivity (Wildman–Crippen MR) is 271 cm³/mol. The molecule has 0 saturated heterocycles. The molecule has 2 atom stereocenters. The number of rotatable bonds is 23. The number of benzene rings is 4. The zero-order chi connectivity index (χ0) is 48.7. The van der Waals surface area contributed by atoms with Crippen LogP contribution in [0.2, 0.25) is 0 Å². The molecule has 0 bridgehead atoms. The summed E-state index contributed by atoms with van der Waals surface area (Å²) in [6, 6.07) is 26.4. The molecule has 0 unspecified atom stereocenters. The second-order valence-electron chi connectivity index (χ2n) is 18.8. The van der Waals surface area contributed by atoms with Crippen LogP contribution in [-0.2, 0) is 30.9 Å². The van der Waals surface area contributed by atoms with Crippen LogP contribution in [0.4, 0.5) is 11.4 Å². The van der Waals surface area contributed by atoms with E-state index >= 15 is 0 Å². The molecular formula is C54H78N2O8S2. The molecular weight excluding hydrogens is 869 g/mol. The number of unbranched alkanes of at least 4 members (excludes halogenated alkanes) is 4. The fourth-order valence-electron chi connectivity index (χ4n) is 9.39. The van der Waals surface area contributed by atoms with Gasteiger partial charge in [-0.1, -0.05) is 103 Å². The molecule has 4 aromatic rings. The van der Waals surface area contributed by atoms with Gasteiger partial charge >= 0.3 is 0 Å². The van der Waals surface area contributed by atoms with Crippen LogP contribution >= 0.6 is 0 Å². The highest BCUT2D eigenvalue weighted by atomic mass is 32.2. The van der Waals surface area contributed by atoms with Crippen molar-refractivity contribution in [2.45, 2.75) is 133 Å². The number of aliphatic hydroxyl groups excluding tert-OH is 1. The molecule has 0 amide bonds. The third kappa shape index (κ3) is 13.6. The molecule has 66 heavy (non-hydrogen) atoms. The fraction of sp³-hybridized carbons (Fsp3) is 0.537. The lowest BCUT2D eigenvalue weighted by molar-refractivity contribution is -0.116. The lowest BCUT2D eigenvalue weighted by Crippen LogP contribution is -2.43. The van der Waals surface area contributed by atoms with E-state index in [4.69, 9.17) is 9.47 Å². The average Bonchev–Trinajstić information content (AvgIpc) is 3.37. The van der Waals surface area contributed by atoms with E-state index in [1.54, 1.807) is 26.4 Å². The van der Waals surface area contributed by atoms with Crippen molar-refractivity contribution in [3.05, 3.63) is 107 Å². The predicted octanol–water partition coefficient (Wildman–Crippen LogP) is 11.1. The summed E-state index contributed by atoms with van der Waals surface area (Å²) in [5.74, 6) is 0.913. The summed E-state index contributed by atoms with van der Waals surface area (Å²) in [5, 5.41) is 12.1. The summed E-state index contributed by atoms with van der Waals surface area (Å²) in [5.41, 5.74) is 3.69. The molecule has 0 spiro atoms. The van der Waals surface area contributed by atoms with Gasteiger partial charge < -0.3 is 29.2 Å². The number of nitrogens with zero attached hydrogens (tertiary/aromatic N) is 2. The molecule has 1 aliphatic heterocycles. The van der Waals surface area contributed by atoms with E-state index < -0.39 is 42.5 Å². The Balaban J connectivity index is 0.000000289. The smallest absolute Gasteiger partial charge is 0.179 e. The zero-order valence-corrected chi connectivity index (χ0v) is 43.1. The first-order valence-electron chi connectivity index (χ1n) is 23.9. The monoisotopic (exact) mass is 947 g/mol. The number of anilines is 2. The van der Waals surface area contributed by atoms with E-state index in [0.717, 1.165) is 97.2 Å². The molecule has 1 heterocycles. The third-order valence-electron chi connectivity index (χ3n) is 13.4. The Morgan fingerprint density at radius 1 is 0.727 bits per heavy atom. The van der Waals surface area contributed by atoms with Gasteiger partial charge in [-0.25, -0.2) is 16.8 Å². The number of sulfone groups is 2. The largest absolute Gasteiger partial charge is 0.497 e. The van der Waals surface area contributed by atoms with Crippen LogP contribution < -0.4 is 19.3 Å². The molecule has 1 N–H and O–H groups in total. The van der Waals surface area contributed by atoms with Crippen molar-refractivity contribution in [1.29, 1.82) is 0 Å². The molecule has 5 rings (SSSR count). The summed E-state index contributed by atoms with van der Waals surface area (Å²) in [6.45, 7) is 8.36. The van der Waals surface area contributed by atoms with E-state index in [1.807, 2.05) is 111 Å². The number of carbonyl (C=O) groups excluding carboxylic acids is 1. The van der Waals surface area contributed by atoms with Crippen molar-refractivity contribution >= 4 is 37.3 Å². The molecule has 4 aromatic carbocycles. The Hall–Kier alpha value is -4.39. The standard InChI is InChI=1S/2C27H39NO4S/c1-6-8-16-27(17-9-7-2)19-33(30,31)24-15-12-21(28(3)4)18-23(24)25(26(27)29)20-10-13-22(32-5)14-11-20;1-6-8-16-27(20-29,17-9-7-2)21-33(30,31)26-15-12-24(28(3)4)19-23(26)18-22-10-13-25(32-5)14-11-22/h10-15,18,25-26,29H,6-9,16-17,19H2,1-5H3;10-15,19-20H,6-9,16-18,21H2,1-5H3/t25-,26-;/m0./s1. The molecule has 1 aliphatic rings. The van der Waals surface area contributed by atoms with E-state index in [9.17, 15) is 26.7 Å². The van der Waals surface area contributed by atoms with Crippen molar-refractivity contribution in [3.63, 3.8) is 0 Å². The van der Waals surface area contributed by atoms with Crippen molar-refractivity contribution in [2.75, 3.05) is 63.7 Å². The summed E-state index contributed by atoms with van der Waals surface area (Å²) in [7, 11) is 3.76. The molecule has 12 heteroatoms. The SMILES string of the molecule is CCCCC(C=O)(CCCC)CS(=O)(=O)c1ccc(N(C)C)cc1Cc1ccc(OC)cc1.CCCCC1(CCCC)CS(=O)(=O)c2ccc(N(C)C)cc2[C@H](c2ccc(OC)cc2)[C@@H]1O. The van der Waals surface area contributed by atoms with Crippen LogP contribution in [0.5, 0.6) is 11.5 Å². The van der Waals surface area contributed by atoms with Crippen molar-refractivity contribution in [1.82, 2.24) is 0 Å². The molecule has 0 fully saturated rings. The lowest BCUT2D eigenvalue weighted by Gasteiger charge is -2.40. The maximum Gasteiger partial charge on any atom is 0.179 e. The summed E-state index contributed by atoms with van der Waals surface area (Å²) in [4.78, 5) is 16.9. The van der Waals surface area contributed by atoms with Crippen molar-refractivity contribution in [3.8, 4) is 11.5 Å². The highest BCUT2D eigenvalue weighted by Crippen LogP contribution is 2.50. The van der Waals surface area contributed by atoms with E-state index in [-0.39, 0.29) is 11.5 Å². The number of fused-ring (bicyclic) bond motifs is 1. The van der Waals surface area contributed by atoms with Gasteiger partial charge in [0.15, 0.2) is 19.7 Å². The van der Waals surface area contributed by atoms with Crippen molar-refractivity contribution in [2.24, 2.45) is 10.8 Å². The minimum atomic E-state index is -3.67. The Morgan fingerprint density at radius 3 is 1.71 bits per heavy atom. The van der Waals surface area contributed by atoms with Gasteiger partial charge in [-0.15, -0.1) is 0 Å². The van der Waals surface area contributed by atoms with Gasteiger partial charge in [0.25, 0.3) is 0 Å². The fourth-order valence-corrected chi connectivity index (χ4v) is 13.7. The van der Waals surface area contributed by atoms with E-state index in [1.165, 1.54) is 0 Å². The molecule has 10 nitrogen and oxygen atoms in total. The van der Waals surface area contributed by atoms with Gasteiger partial charge in [0.1, 0.15) is 17.8 Å². The highest BCUT2D eigenvalue weighted by Gasteiger charge is 2.49. The third-order valence-corrected chi connectivity index (χ3v) is 17.4. The lowest BCUT2D eigenvalue weighted by atomic mass is 9.68. The van der Waals surface area contributed by atoms with E-state index in [2.05, 4.69) is 27.7 Å². The quantitative estimate of drug-likeness (QED) is 0.0717. The van der Waals surface area contributed by atoms with Crippen LogP contribution in [0.3, 0.4) is 0 Å². The van der Waals surface area contributed by atoms with Gasteiger partial charge in [-0.2, -0.15) is 0 Å². The molecule has 0 aromatic heterocycles. The van der Waals surface area contributed by atoms with Gasteiger partial charge in [-0.3, -0.25) is 0 Å². The normalized spacial score (nSPS) is 16.5. The molecule has 0 aliphatic carbocycles. The van der Waals surface area contributed by atoms with Gasteiger partial charge in [0.2, 0.25) is 0 Å². The van der Waals surface area contributed by atoms with Crippen LogP contribution in [0.15, 0.2) is 94.7 Å². The number of hydrogen-bond acceptors (Lipinski definition) is 10. The number of aliphatic hydroxyl groups is 1. The van der Waals surface area contributed by atoms with Gasteiger partial charge in [-0.05, 0) is 115 Å². The second-order valence-corrected chi connectivity index (χ2v) is 22.7. The summed E-state index contributed by atoms with van der Waals surface area (Å²) >= 11 is 0. The molecule has 0 saturated carbocycles. The van der Waals surface area contributed by atoms with Crippen LogP contribution in [0.1, 0.15) is 133 Å². The van der Waals surface area contributed by atoms with Crippen molar-refractivity contribution < 1.29 is 36.2 Å². The number of ether oxygens (including phenoxy) is 2. The number of aldehydes is 1. The number of carbonyl (C=O) groups is 1. The maximum absolute atomic E-state index is 13.8. The van der Waals surface area contributed by atoms with Crippen LogP contribution in [0.25, 0.3) is 0 Å². The highest BCUT2D eigenvalue weighted by molar-refractivity contribution is 7.91. The summed E-state index contributed by atoms with van der Waals surface area (Å²) in [6.07, 6.45) is 10.5. The molecule has 0 radical (unpaired) electrons. The Kier molecular flexibility index (Phi) is 20.2. The first kappa shape index (κ1) is 54.2. The Bertz CT molecular complexity index is 2350. The van der Waals surface area contributed by atoms with E-state index in [0.29, 0.717) is 47.5 Å². The van der Waals surface area contributed by atoms with Gasteiger partial charge in [0.05, 0.1) is 41.6 Å². The minimum Gasteiger partial charge on any atom is -0.497 e. The first-order chi connectivity index (χ1) is 31.4. The Labute approximate surface area is 398 Å². The maximum atomic E-state index is 13.8. The van der Waals surface area contributed by atoms with Crippen LogP contribution in [-0.4, -0.2) is 88.2 Å². The first-order valence-corrected chi connectivity index (χ1v) is 27.2.